The highest BCUT2D eigenvalue weighted by molar-refractivity contribution is 5.92. The summed E-state index contributed by atoms with van der Waals surface area (Å²) in [6.45, 7) is 2.94. The summed E-state index contributed by atoms with van der Waals surface area (Å²) in [6.07, 6.45) is 5.57. The lowest BCUT2D eigenvalue weighted by molar-refractivity contribution is -0.393. The van der Waals surface area contributed by atoms with Crippen LogP contribution in [-0.4, -0.2) is 117 Å². The number of guanidine groups is 1. The Labute approximate surface area is 319 Å². The minimum absolute atomic E-state index is 0.0163. The fourth-order valence-corrected chi connectivity index (χ4v) is 5.29. The number of hydrogen-bond acceptors (Lipinski definition) is 14. The van der Waals surface area contributed by atoms with E-state index in [1.807, 2.05) is 0 Å². The third kappa shape index (κ3) is 20.3. The first-order valence-electron chi connectivity index (χ1n) is 18.5. The van der Waals surface area contributed by atoms with Crippen molar-refractivity contribution in [3.8, 4) is 0 Å². The summed E-state index contributed by atoms with van der Waals surface area (Å²) in [6, 6.07) is 1.71. The second kappa shape index (κ2) is 26.7. The van der Waals surface area contributed by atoms with Crippen molar-refractivity contribution < 1.29 is 43.2 Å². The Bertz CT molecular complexity index is 1410. The number of non-ortho nitro benzene ring substituents is 1. The number of nitrogens with zero attached hydrogens (tertiary/aromatic N) is 2. The van der Waals surface area contributed by atoms with Gasteiger partial charge in [0.25, 0.3) is 11.4 Å². The summed E-state index contributed by atoms with van der Waals surface area (Å²) in [5.74, 6) is -1.28. The molecule has 2 atom stereocenters. The van der Waals surface area contributed by atoms with Crippen molar-refractivity contribution in [1.29, 1.82) is 5.41 Å². The molecule has 1 aliphatic carbocycles. The standard InChI is InChI=1S/C34H56N10O11/c35-26(33(48)41-23-32(47)42-28(7-2-12-40-34(36)37)30(45)21-24-5-1-6-24)9-11-31(46)39-14-4-16-54-18-20-55-19-17-53-15-3-13-38-27-10-8-25(43(49)50)22-29(27)44(51)52/h8,10,22,24,26,28,38H,1-7,9,11-21,23,35H2,(H,39,46)(H,41,48)(H,42,47)(H4,36,37,40)/t26-,28-/m0/s1. The molecule has 308 valence electrons. The van der Waals surface area contributed by atoms with Gasteiger partial charge in [0.2, 0.25) is 17.7 Å². The van der Waals surface area contributed by atoms with E-state index in [-0.39, 0.29) is 54.1 Å². The van der Waals surface area contributed by atoms with Gasteiger partial charge in [-0.15, -0.1) is 0 Å². The lowest BCUT2D eigenvalue weighted by Gasteiger charge is -2.27. The average Bonchev–Trinajstić information content (AvgIpc) is 3.13. The molecule has 0 spiro atoms. The zero-order valence-corrected chi connectivity index (χ0v) is 31.1. The van der Waals surface area contributed by atoms with Crippen LogP contribution in [0.1, 0.15) is 64.2 Å². The third-order valence-electron chi connectivity index (χ3n) is 8.57. The van der Waals surface area contributed by atoms with Gasteiger partial charge in [-0.25, -0.2) is 0 Å². The topological polar surface area (TPSA) is 318 Å². The number of nitro benzene ring substituents is 2. The van der Waals surface area contributed by atoms with Crippen LogP contribution in [0.15, 0.2) is 18.2 Å². The Morgan fingerprint density at radius 3 is 2.07 bits per heavy atom. The molecule has 2 rings (SSSR count). The Morgan fingerprint density at radius 2 is 1.47 bits per heavy atom. The second-order valence-corrected chi connectivity index (χ2v) is 13.0. The van der Waals surface area contributed by atoms with Gasteiger partial charge in [-0.1, -0.05) is 19.3 Å². The van der Waals surface area contributed by atoms with Crippen LogP contribution in [0, 0.1) is 31.6 Å². The monoisotopic (exact) mass is 780 g/mol. The fraction of sp³-hybridized carbons (Fsp3) is 0.676. The quantitative estimate of drug-likeness (QED) is 0.0168. The number of ketones is 1. The summed E-state index contributed by atoms with van der Waals surface area (Å²) in [5.41, 5.74) is 10.7. The molecule has 21 nitrogen and oxygen atoms in total. The first-order valence-corrected chi connectivity index (χ1v) is 18.5. The van der Waals surface area contributed by atoms with Gasteiger partial charge in [0.15, 0.2) is 11.7 Å². The van der Waals surface area contributed by atoms with Gasteiger partial charge in [-0.05, 0) is 44.1 Å². The van der Waals surface area contributed by atoms with E-state index < -0.39 is 33.7 Å². The van der Waals surface area contributed by atoms with Crippen molar-refractivity contribution in [2.45, 2.75) is 76.3 Å². The molecule has 0 bridgehead atoms. The molecule has 0 unspecified atom stereocenters. The number of nitro groups is 2. The van der Waals surface area contributed by atoms with E-state index in [0.29, 0.717) is 97.3 Å². The van der Waals surface area contributed by atoms with Gasteiger partial charge < -0.3 is 52.3 Å². The highest BCUT2D eigenvalue weighted by Gasteiger charge is 2.27. The van der Waals surface area contributed by atoms with Crippen LogP contribution in [0.25, 0.3) is 0 Å². The molecule has 55 heavy (non-hydrogen) atoms. The van der Waals surface area contributed by atoms with Crippen LogP contribution in [0.2, 0.25) is 0 Å². The fourth-order valence-electron chi connectivity index (χ4n) is 5.29. The number of anilines is 1. The lowest BCUT2D eigenvalue weighted by Crippen LogP contribution is -2.49. The van der Waals surface area contributed by atoms with Crippen molar-refractivity contribution in [2.75, 3.05) is 71.1 Å². The molecule has 1 aromatic rings. The molecule has 21 heteroatoms. The van der Waals surface area contributed by atoms with Gasteiger partial charge in [0.05, 0.1) is 61.0 Å². The summed E-state index contributed by atoms with van der Waals surface area (Å²) in [7, 11) is 0. The molecule has 3 amide bonds. The van der Waals surface area contributed by atoms with E-state index in [0.717, 1.165) is 25.3 Å². The first-order chi connectivity index (χ1) is 26.4. The predicted octanol–water partition coefficient (Wildman–Crippen LogP) is 0.592. The number of carbonyl (C=O) groups excluding carboxylic acids is 4. The van der Waals surface area contributed by atoms with E-state index in [4.69, 9.17) is 31.1 Å². The average molecular weight is 781 g/mol. The molecule has 0 aliphatic heterocycles. The Hall–Kier alpha value is -4.99. The van der Waals surface area contributed by atoms with Crippen molar-refractivity contribution in [3.05, 3.63) is 38.4 Å². The molecule has 1 fully saturated rings. The Morgan fingerprint density at radius 1 is 0.836 bits per heavy atom. The first kappa shape index (κ1) is 46.2. The summed E-state index contributed by atoms with van der Waals surface area (Å²) in [4.78, 5) is 70.6. The van der Waals surface area contributed by atoms with Gasteiger partial charge in [0.1, 0.15) is 5.69 Å². The molecule has 1 aliphatic rings. The number of amides is 3. The SMILES string of the molecule is N=C(N)NCCC[C@H](NC(=O)CNC(=O)[C@@H](N)CCC(=O)NCCCOCCOCCOCCCNc1ccc([N+](=O)[O-])cc1[N+](=O)[O-])C(=O)CC1CCC1. The van der Waals surface area contributed by atoms with Gasteiger partial charge in [-0.2, -0.15) is 0 Å². The molecule has 0 radical (unpaired) electrons. The molecule has 0 aromatic heterocycles. The molecule has 0 heterocycles. The van der Waals surface area contributed by atoms with E-state index >= 15 is 0 Å². The van der Waals surface area contributed by atoms with Gasteiger partial charge >= 0.3 is 0 Å². The normalized spacial score (nSPS) is 13.5. The maximum Gasteiger partial charge on any atom is 0.299 e. The maximum atomic E-state index is 12.8. The summed E-state index contributed by atoms with van der Waals surface area (Å²) < 4.78 is 16.4. The van der Waals surface area contributed by atoms with E-state index in [1.54, 1.807) is 0 Å². The van der Waals surface area contributed by atoms with E-state index in [1.165, 1.54) is 12.1 Å². The summed E-state index contributed by atoms with van der Waals surface area (Å²) in [5, 5.41) is 42.7. The zero-order valence-electron chi connectivity index (χ0n) is 31.1. The van der Waals surface area contributed by atoms with Crippen molar-refractivity contribution in [2.24, 2.45) is 17.4 Å². The van der Waals surface area contributed by atoms with Crippen LogP contribution in [0.3, 0.4) is 0 Å². The zero-order chi connectivity index (χ0) is 40.4. The third-order valence-corrected chi connectivity index (χ3v) is 8.57. The number of rotatable bonds is 31. The number of hydrogen-bond donors (Lipinski definition) is 8. The van der Waals surface area contributed by atoms with Crippen molar-refractivity contribution >= 4 is 46.5 Å². The Kier molecular flexibility index (Phi) is 22.4. The van der Waals surface area contributed by atoms with Gasteiger partial charge in [0, 0.05) is 51.8 Å². The second-order valence-electron chi connectivity index (χ2n) is 13.0. The van der Waals surface area contributed by atoms with E-state index in [2.05, 4.69) is 26.6 Å². The highest BCUT2D eigenvalue weighted by Crippen LogP contribution is 2.30. The van der Waals surface area contributed by atoms with Crippen molar-refractivity contribution in [3.63, 3.8) is 0 Å². The molecular weight excluding hydrogens is 724 g/mol. The number of ether oxygens (including phenoxy) is 3. The smallest absolute Gasteiger partial charge is 0.299 e. The van der Waals surface area contributed by atoms with Crippen LogP contribution in [0.5, 0.6) is 0 Å². The van der Waals surface area contributed by atoms with E-state index in [9.17, 15) is 39.4 Å². The molecular formula is C34H56N10O11. The van der Waals surface area contributed by atoms with Crippen LogP contribution < -0.4 is 38.1 Å². The van der Waals surface area contributed by atoms with Crippen LogP contribution in [0.4, 0.5) is 17.1 Å². The number of nitrogens with two attached hydrogens (primary N) is 2. The lowest BCUT2D eigenvalue weighted by atomic mass is 9.80. The predicted molar refractivity (Wildman–Crippen MR) is 201 cm³/mol. The highest BCUT2D eigenvalue weighted by atomic mass is 16.6. The number of nitrogens with one attached hydrogen (secondary N) is 6. The molecule has 1 saturated carbocycles. The molecule has 10 N–H and O–H groups in total. The van der Waals surface area contributed by atoms with Crippen molar-refractivity contribution in [1.82, 2.24) is 21.3 Å². The van der Waals surface area contributed by atoms with Crippen LogP contribution in [-0.2, 0) is 33.4 Å². The maximum absolute atomic E-state index is 12.8. The summed E-state index contributed by atoms with van der Waals surface area (Å²) >= 11 is 0. The van der Waals surface area contributed by atoms with Crippen LogP contribution >= 0.6 is 0 Å². The number of benzene rings is 1. The molecule has 1 aromatic carbocycles. The Balaban J connectivity index is 1.45. The molecule has 0 saturated heterocycles. The minimum Gasteiger partial charge on any atom is -0.379 e. The largest absolute Gasteiger partial charge is 0.379 e. The number of Topliss-reactive ketones (excluding diaryl/α,β-unsaturated/α-hetero) is 1. The van der Waals surface area contributed by atoms with Gasteiger partial charge in [-0.3, -0.25) is 44.8 Å². The number of carbonyl (C=O) groups is 4. The minimum atomic E-state index is -1.00.